The highest BCUT2D eigenvalue weighted by molar-refractivity contribution is 5.86. The van der Waals surface area contributed by atoms with E-state index in [4.69, 9.17) is 0 Å². The normalized spacial score (nSPS) is 42.0. The Morgan fingerprint density at radius 1 is 1.32 bits per heavy atom. The summed E-state index contributed by atoms with van der Waals surface area (Å²) in [5.74, 6) is 1.25. The minimum atomic E-state index is -0.258. The Balaban J connectivity index is 2.35. The molecule has 0 aromatic heterocycles. The Kier molecular flexibility index (Phi) is 4.93. The van der Waals surface area contributed by atoms with Crippen molar-refractivity contribution in [2.75, 3.05) is 0 Å². The van der Waals surface area contributed by atoms with Gasteiger partial charge in [-0.25, -0.2) is 0 Å². The summed E-state index contributed by atoms with van der Waals surface area (Å²) in [5, 5.41) is 2.89. The first-order valence-corrected chi connectivity index (χ1v) is 8.46. The highest BCUT2D eigenvalue weighted by Crippen LogP contribution is 2.49. The molecule has 4 atom stereocenters. The summed E-state index contributed by atoms with van der Waals surface area (Å²) < 4.78 is 0. The van der Waals surface area contributed by atoms with Gasteiger partial charge < -0.3 is 5.32 Å². The summed E-state index contributed by atoms with van der Waals surface area (Å²) in [6, 6.07) is 0. The van der Waals surface area contributed by atoms with Gasteiger partial charge in [0.25, 0.3) is 0 Å². The molecule has 0 aromatic rings. The third kappa shape index (κ3) is 2.78. The van der Waals surface area contributed by atoms with Crippen LogP contribution in [0.5, 0.6) is 0 Å². The summed E-state index contributed by atoms with van der Waals surface area (Å²) >= 11 is 0. The molecule has 122 valence electrons. The molecule has 2 aliphatic rings. The van der Waals surface area contributed by atoms with Crippen molar-refractivity contribution in [3.8, 4) is 0 Å². The molecule has 2 aliphatic carbocycles. The number of hydrogen-bond donors (Lipinski definition) is 1. The van der Waals surface area contributed by atoms with Crippen LogP contribution >= 0.6 is 0 Å². The zero-order chi connectivity index (χ0) is 16.4. The van der Waals surface area contributed by atoms with Crippen LogP contribution in [0.1, 0.15) is 59.3 Å². The van der Waals surface area contributed by atoms with Gasteiger partial charge in [0.05, 0.1) is 0 Å². The molecule has 3 nitrogen and oxygen atoms in total. The number of amides is 1. The predicted molar refractivity (Wildman–Crippen MR) is 89.1 cm³/mol. The van der Waals surface area contributed by atoms with Crippen molar-refractivity contribution in [2.24, 2.45) is 22.7 Å². The minimum Gasteiger partial charge on any atom is -0.332 e. The number of nitrogens with one attached hydrogen (secondary N) is 1. The number of hydrogen-bond acceptors (Lipinski definition) is 2. The third-order valence-corrected chi connectivity index (χ3v) is 6.46. The van der Waals surface area contributed by atoms with Crippen LogP contribution in [-0.4, -0.2) is 12.2 Å². The van der Waals surface area contributed by atoms with Crippen LogP contribution in [0.4, 0.5) is 0 Å². The lowest BCUT2D eigenvalue weighted by Gasteiger charge is -2.39. The van der Waals surface area contributed by atoms with E-state index in [1.54, 1.807) is 0 Å². The van der Waals surface area contributed by atoms with Crippen molar-refractivity contribution in [3.05, 3.63) is 24.4 Å². The number of allylic oxidation sites excluding steroid dienone is 2. The number of ketones is 1. The highest BCUT2D eigenvalue weighted by Gasteiger charge is 2.46. The molecule has 2 rings (SSSR count). The van der Waals surface area contributed by atoms with Crippen molar-refractivity contribution in [3.63, 3.8) is 0 Å². The Morgan fingerprint density at radius 3 is 2.68 bits per heavy atom. The number of rotatable bonds is 3. The second-order valence-electron chi connectivity index (χ2n) is 7.46. The fourth-order valence-electron chi connectivity index (χ4n) is 4.26. The second-order valence-corrected chi connectivity index (χ2v) is 7.46. The molecule has 4 unspecified atom stereocenters. The van der Waals surface area contributed by atoms with E-state index >= 15 is 0 Å². The van der Waals surface area contributed by atoms with E-state index in [0.29, 0.717) is 17.6 Å². The first kappa shape index (κ1) is 17.0. The molecule has 0 aliphatic heterocycles. The largest absolute Gasteiger partial charge is 0.332 e. The van der Waals surface area contributed by atoms with Gasteiger partial charge in [0.2, 0.25) is 6.41 Å². The molecule has 0 spiro atoms. The average molecular weight is 303 g/mol. The molecule has 0 heterocycles. The second kappa shape index (κ2) is 6.39. The molecule has 0 aromatic carbocycles. The summed E-state index contributed by atoms with van der Waals surface area (Å²) in [7, 11) is 0. The van der Waals surface area contributed by atoms with Crippen molar-refractivity contribution in [1.29, 1.82) is 0 Å². The maximum Gasteiger partial charge on any atom is 0.211 e. The predicted octanol–water partition coefficient (Wildman–Crippen LogP) is 4.00. The van der Waals surface area contributed by atoms with E-state index in [1.807, 2.05) is 6.08 Å². The molecule has 0 bridgehead atoms. The van der Waals surface area contributed by atoms with Gasteiger partial charge in [0.15, 0.2) is 0 Å². The van der Waals surface area contributed by atoms with E-state index in [0.717, 1.165) is 50.6 Å². The van der Waals surface area contributed by atoms with Crippen LogP contribution in [0.3, 0.4) is 0 Å². The van der Waals surface area contributed by atoms with Gasteiger partial charge in [0.1, 0.15) is 5.78 Å². The molecule has 22 heavy (non-hydrogen) atoms. The number of carbonyl (C=O) groups excluding carboxylic acids is 2. The Hall–Kier alpha value is -1.38. The van der Waals surface area contributed by atoms with E-state index in [1.165, 1.54) is 0 Å². The van der Waals surface area contributed by atoms with Crippen LogP contribution in [-0.2, 0) is 9.59 Å². The van der Waals surface area contributed by atoms with Gasteiger partial charge in [-0.3, -0.25) is 9.59 Å². The highest BCUT2D eigenvalue weighted by atomic mass is 16.1. The molecular weight excluding hydrogens is 274 g/mol. The fraction of sp³-hybridized carbons (Fsp3) is 0.684. The van der Waals surface area contributed by atoms with Crippen molar-refractivity contribution < 1.29 is 9.59 Å². The van der Waals surface area contributed by atoms with Crippen molar-refractivity contribution in [1.82, 2.24) is 5.32 Å². The molecular formula is C19H29NO2. The molecule has 1 N–H and O–H groups in total. The summed E-state index contributed by atoms with van der Waals surface area (Å²) in [4.78, 5) is 23.4. The fourth-order valence-corrected chi connectivity index (χ4v) is 4.26. The van der Waals surface area contributed by atoms with Crippen LogP contribution in [0.15, 0.2) is 24.4 Å². The first-order valence-electron chi connectivity index (χ1n) is 8.46. The van der Waals surface area contributed by atoms with Crippen LogP contribution in [0.25, 0.3) is 0 Å². The maximum absolute atomic E-state index is 12.4. The SMILES string of the molecule is C=CC1(C)/C(NC=O)=C\CCC2CCC(=O)C2(C)CCC1C. The smallest absolute Gasteiger partial charge is 0.211 e. The molecule has 1 amide bonds. The third-order valence-electron chi connectivity index (χ3n) is 6.46. The standard InChI is InChI=1S/C19H29NO2/c1-5-18(3)14(2)11-12-19(4)15(9-10-17(19)22)7-6-8-16(18)20-13-21/h5,8,13-15H,1,6-7,9-12H2,2-4H3,(H,20,21)/b16-8+. The zero-order valence-electron chi connectivity index (χ0n) is 14.2. The number of fused-ring (bicyclic) bond motifs is 1. The van der Waals surface area contributed by atoms with E-state index in [9.17, 15) is 9.59 Å². The summed E-state index contributed by atoms with van der Waals surface area (Å²) in [6.07, 6.45) is 10.4. The molecule has 0 radical (unpaired) electrons. The monoisotopic (exact) mass is 303 g/mol. The van der Waals surface area contributed by atoms with Crippen LogP contribution in [0, 0.1) is 22.7 Å². The molecule has 1 fully saturated rings. The number of carbonyl (C=O) groups is 2. The van der Waals surface area contributed by atoms with Gasteiger partial charge in [-0.1, -0.05) is 32.9 Å². The summed E-state index contributed by atoms with van der Waals surface area (Å²) in [6.45, 7) is 10.5. The first-order chi connectivity index (χ1) is 10.4. The Labute approximate surface area is 134 Å². The van der Waals surface area contributed by atoms with Gasteiger partial charge in [-0.15, -0.1) is 6.58 Å². The minimum absolute atomic E-state index is 0.153. The van der Waals surface area contributed by atoms with E-state index < -0.39 is 0 Å². The van der Waals surface area contributed by atoms with E-state index in [2.05, 4.69) is 38.7 Å². The molecule has 1 saturated carbocycles. The lowest BCUT2D eigenvalue weighted by molar-refractivity contribution is -0.127. The Bertz CT molecular complexity index is 496. The molecule has 0 saturated heterocycles. The van der Waals surface area contributed by atoms with Crippen LogP contribution < -0.4 is 5.32 Å². The van der Waals surface area contributed by atoms with Crippen molar-refractivity contribution >= 4 is 12.2 Å². The lowest BCUT2D eigenvalue weighted by Crippen LogP contribution is -2.36. The topological polar surface area (TPSA) is 46.2 Å². The lowest BCUT2D eigenvalue weighted by atomic mass is 9.66. The van der Waals surface area contributed by atoms with Gasteiger partial charge in [0, 0.05) is 22.9 Å². The van der Waals surface area contributed by atoms with Crippen molar-refractivity contribution in [2.45, 2.75) is 59.3 Å². The number of Topliss-reactive ketones (excluding diaryl/α,β-unsaturated/α-hetero) is 1. The quantitative estimate of drug-likeness (QED) is 0.632. The van der Waals surface area contributed by atoms with Gasteiger partial charge in [-0.05, 0) is 43.9 Å². The van der Waals surface area contributed by atoms with E-state index in [-0.39, 0.29) is 10.8 Å². The van der Waals surface area contributed by atoms with Gasteiger partial charge in [-0.2, -0.15) is 0 Å². The average Bonchev–Trinajstić information content (AvgIpc) is 2.79. The zero-order valence-corrected chi connectivity index (χ0v) is 14.2. The Morgan fingerprint density at radius 2 is 2.05 bits per heavy atom. The summed E-state index contributed by atoms with van der Waals surface area (Å²) in [5.41, 5.74) is 0.545. The van der Waals surface area contributed by atoms with Gasteiger partial charge >= 0.3 is 0 Å². The molecule has 3 heteroatoms. The van der Waals surface area contributed by atoms with Crippen LogP contribution in [0.2, 0.25) is 0 Å². The maximum atomic E-state index is 12.4.